The maximum atomic E-state index is 13.6. The van der Waals surface area contributed by atoms with Crippen molar-refractivity contribution in [3.8, 4) is 0 Å². The summed E-state index contributed by atoms with van der Waals surface area (Å²) < 4.78 is 103. The quantitative estimate of drug-likeness (QED) is 0.0353. The molecule has 4 amide bonds. The van der Waals surface area contributed by atoms with E-state index < -0.39 is 104 Å². The molecule has 3 aliphatic carbocycles. The van der Waals surface area contributed by atoms with E-state index in [0.717, 1.165) is 76.1 Å². The van der Waals surface area contributed by atoms with E-state index >= 15 is 0 Å². The summed E-state index contributed by atoms with van der Waals surface area (Å²) >= 11 is 0. The van der Waals surface area contributed by atoms with E-state index in [1.807, 2.05) is 41.5 Å². The van der Waals surface area contributed by atoms with Gasteiger partial charge in [0.2, 0.25) is 11.4 Å². The molecule has 99 heavy (non-hydrogen) atoms. The highest BCUT2D eigenvalue weighted by atomic mass is 19.4. The van der Waals surface area contributed by atoms with Gasteiger partial charge in [0.1, 0.15) is 12.2 Å². The van der Waals surface area contributed by atoms with Crippen molar-refractivity contribution in [3.05, 3.63) is 117 Å². The number of nitrogens with one attached hydrogen (secondary N) is 2. The van der Waals surface area contributed by atoms with Crippen LogP contribution in [0.2, 0.25) is 6.32 Å². The van der Waals surface area contributed by atoms with Crippen LogP contribution < -0.4 is 10.6 Å². The minimum Gasteiger partial charge on any atom is -0.444 e. The number of halogens is 6. The molecular weight excluding hydrogens is 1290 g/mol. The number of alkyl halides is 6. The summed E-state index contributed by atoms with van der Waals surface area (Å²) in [7, 11) is -3.95. The number of rotatable bonds is 18. The predicted octanol–water partition coefficient (Wildman–Crippen LogP) is 10.7. The van der Waals surface area contributed by atoms with Gasteiger partial charge in [-0.15, -0.1) is 0 Å². The van der Waals surface area contributed by atoms with E-state index in [1.165, 1.54) is 29.2 Å². The van der Waals surface area contributed by atoms with Crippen molar-refractivity contribution >= 4 is 45.4 Å². The summed E-state index contributed by atoms with van der Waals surface area (Å²) in [6.07, 6.45) is -2.03. The predicted molar refractivity (Wildman–Crippen MR) is 364 cm³/mol. The summed E-state index contributed by atoms with van der Waals surface area (Å²) in [5.41, 5.74) is -1.69. The fourth-order valence-corrected chi connectivity index (χ4v) is 14.9. The topological polar surface area (TPSA) is 232 Å². The lowest BCUT2D eigenvalue weighted by Crippen LogP contribution is -2.65. The van der Waals surface area contributed by atoms with Crippen LogP contribution >= 0.6 is 0 Å². The summed E-state index contributed by atoms with van der Waals surface area (Å²) in [5.74, 6) is -1.63. The number of amides is 4. The molecule has 2 bridgehead atoms. The zero-order valence-corrected chi connectivity index (χ0v) is 59.6. The molecule has 10 rings (SSSR count). The molecular formula is C70H101B3F6N8O12. The van der Waals surface area contributed by atoms with Crippen LogP contribution in [0.5, 0.6) is 0 Å². The molecule has 8 aliphatic rings. The number of ether oxygens (including phenoxy) is 2. The zero-order valence-electron chi connectivity index (χ0n) is 59.6. The Morgan fingerprint density at radius 1 is 0.677 bits per heavy atom. The largest absolute Gasteiger partial charge is 0.482 e. The monoisotopic (exact) mass is 1390 g/mol. The zero-order chi connectivity index (χ0) is 73.6. The fraction of sp³-hybridized carbons (Fsp3) is 0.686. The van der Waals surface area contributed by atoms with Crippen molar-refractivity contribution < 1.29 is 84.4 Å². The van der Waals surface area contributed by atoms with Gasteiger partial charge in [-0.3, -0.25) is 19.4 Å². The van der Waals surface area contributed by atoms with Gasteiger partial charge >= 0.3 is 45.9 Å². The van der Waals surface area contributed by atoms with Crippen LogP contribution in [0.4, 0.5) is 35.9 Å². The van der Waals surface area contributed by atoms with Gasteiger partial charge < -0.3 is 59.3 Å². The molecule has 3 saturated carbocycles. The molecule has 5 saturated heterocycles. The van der Waals surface area contributed by atoms with Gasteiger partial charge in [-0.2, -0.15) is 26.3 Å². The Morgan fingerprint density at radius 2 is 1.11 bits per heavy atom. The first-order valence-electron chi connectivity index (χ1n) is 34.5. The van der Waals surface area contributed by atoms with Crippen LogP contribution in [-0.2, 0) is 53.6 Å². The summed E-state index contributed by atoms with van der Waals surface area (Å²) in [4.78, 5) is 67.7. The van der Waals surface area contributed by atoms with Gasteiger partial charge in [-0.1, -0.05) is 91.8 Å². The normalized spacial score (nSPS) is 25.2. The summed E-state index contributed by atoms with van der Waals surface area (Å²) in [6, 6.07) is 9.03. The first-order chi connectivity index (χ1) is 45.8. The van der Waals surface area contributed by atoms with Gasteiger partial charge in [0, 0.05) is 37.3 Å². The van der Waals surface area contributed by atoms with Crippen LogP contribution in [0.1, 0.15) is 164 Å². The summed E-state index contributed by atoms with van der Waals surface area (Å²) in [5, 5.41) is 41.3. The first-order valence-corrected chi connectivity index (χ1v) is 34.5. The highest BCUT2D eigenvalue weighted by Crippen LogP contribution is 2.66. The molecule has 5 aliphatic heterocycles. The molecule has 8 atom stereocenters. The molecule has 2 aromatic rings. The molecule has 6 N–H and O–H groups in total. The number of carbonyl (C=O) groups excluding carboxylic acids is 4. The number of hydrogen-bond acceptors (Lipinski definition) is 14. The van der Waals surface area contributed by atoms with Crippen molar-refractivity contribution in [1.82, 2.24) is 30.2 Å². The number of benzene rings is 2. The lowest BCUT2D eigenvalue weighted by atomic mass is 9.43. The molecule has 5 heterocycles. The Hall–Kier alpha value is -6.17. The number of nitrogens with zero attached hydrogens (tertiary/aromatic N) is 6. The fourth-order valence-electron chi connectivity index (χ4n) is 14.9. The smallest absolute Gasteiger partial charge is 0.444 e. The molecule has 29 heteroatoms. The molecule has 2 aromatic carbocycles. The second-order valence-corrected chi connectivity index (χ2v) is 31.8. The molecule has 8 fully saturated rings. The molecule has 544 valence electrons. The minimum absolute atomic E-state index is 0.00446. The molecule has 0 unspecified atom stereocenters. The second-order valence-electron chi connectivity index (χ2n) is 31.8. The maximum Gasteiger partial charge on any atom is 0.482 e. The van der Waals surface area contributed by atoms with Gasteiger partial charge in [0.15, 0.2) is 0 Å². The van der Waals surface area contributed by atoms with E-state index in [4.69, 9.17) is 42.0 Å². The number of piperidine rings is 2. The van der Waals surface area contributed by atoms with Crippen LogP contribution in [0, 0.1) is 47.1 Å². The van der Waals surface area contributed by atoms with E-state index in [2.05, 4.69) is 78.6 Å². The molecule has 0 spiro atoms. The minimum atomic E-state index is -4.50. The third-order valence-corrected chi connectivity index (χ3v) is 20.9. The van der Waals surface area contributed by atoms with Gasteiger partial charge in [0.05, 0.1) is 60.9 Å². The van der Waals surface area contributed by atoms with Gasteiger partial charge in [-0.05, 0) is 188 Å². The SMILES string of the molecule is CC(C)CB(O)O.[C-]#[N+]C(=CC(C)(C)N1CCC(C)(C)C1)C(=O)N1CCC[C@H](OC(=O)N[C@@H](Cc2ccc(C(F)(F)F)cc2)B(O)O)C1.[C-]#[N+]C(=CC(C)(C)N1CCC(C)(C)C1)C(=O)N1CCC[C@H](OC(=O)N[C@@H](Cc2ccc(C(F)(F)F)cc2)B2O[C@@H]3C[C@@H]4C[C@@H](C4(C)C)[C@]3(C)O2)C1. The first kappa shape index (κ1) is 80.2. The number of hydrogen-bond donors (Lipinski definition) is 6. The lowest BCUT2D eigenvalue weighted by Gasteiger charge is -2.64. The number of likely N-dealkylation sites (tertiary alicyclic amines) is 4. The highest BCUT2D eigenvalue weighted by molar-refractivity contribution is 6.48. The maximum absolute atomic E-state index is 13.6. The molecule has 0 radical (unpaired) electrons. The van der Waals surface area contributed by atoms with E-state index in [9.17, 15) is 55.6 Å². The van der Waals surface area contributed by atoms with Crippen molar-refractivity contribution in [3.63, 3.8) is 0 Å². The third kappa shape index (κ3) is 21.2. The Morgan fingerprint density at radius 3 is 1.47 bits per heavy atom. The Labute approximate surface area is 581 Å². The average Bonchev–Trinajstić information content (AvgIpc) is 1.67. The van der Waals surface area contributed by atoms with Crippen LogP contribution in [0.3, 0.4) is 0 Å². The van der Waals surface area contributed by atoms with Crippen molar-refractivity contribution in [1.29, 1.82) is 0 Å². The molecule has 0 aromatic heterocycles. The van der Waals surface area contributed by atoms with Gasteiger partial charge in [0.25, 0.3) is 11.8 Å². The third-order valence-electron chi connectivity index (χ3n) is 20.9. The number of carbonyl (C=O) groups is 4. The van der Waals surface area contributed by atoms with Gasteiger partial charge in [-0.25, -0.2) is 19.3 Å². The van der Waals surface area contributed by atoms with Crippen molar-refractivity contribution in [2.45, 2.75) is 220 Å². The van der Waals surface area contributed by atoms with Crippen molar-refractivity contribution in [2.75, 3.05) is 52.4 Å². The Kier molecular flexibility index (Phi) is 25.9. The van der Waals surface area contributed by atoms with Crippen LogP contribution in [0.15, 0.2) is 72.1 Å². The average molecular weight is 1390 g/mol. The van der Waals surface area contributed by atoms with Crippen molar-refractivity contribution in [2.24, 2.45) is 34.0 Å². The van der Waals surface area contributed by atoms with E-state index in [-0.39, 0.29) is 71.5 Å². The summed E-state index contributed by atoms with van der Waals surface area (Å²) in [6.45, 7) is 47.3. The Bertz CT molecular complexity index is 3280. The van der Waals surface area contributed by atoms with E-state index in [1.54, 1.807) is 17.1 Å². The Balaban J connectivity index is 0.000000259. The standard InChI is InChI=1S/C38H52BF3N4O5.C28H38BF3N4O5.C4H11BO2/c1-34(2)15-17-46(23-34)35(3,4)21-28(43-8)32(47)45-16-9-10-27(22-45)49-33(48)44-31(18-24-11-13-25(14-12-24)38(40,41)42)39-50-30-20-26-19-29(36(26,5)6)37(30,7)51-39;1-26(2)12-14-36(18-26)27(3,4)16-22(33-5)24(37)35-13-6-7-21(17-35)41-25(38)34-23(29(39)40)15-19-8-10-20(11-9-19)28(30,31)32;1-4(2)3-5(6)7/h11-14,21,26-27,29-31H,9-10,15-20,22-23H2,1-7H3,(H,44,48);8-11,16,21,23,39-40H,6-7,12-15,17-18H2,1-4H3,(H,34,38);4,6-7H,3H2,1-2H3/t26-,27-,29-,30+,31-,37-;21-,23-;/m00./s1. The second kappa shape index (κ2) is 32.0. The molecule has 20 nitrogen and oxygen atoms in total. The highest BCUT2D eigenvalue weighted by Gasteiger charge is 2.68. The number of alkyl carbamates (subject to hydrolysis) is 2. The van der Waals surface area contributed by atoms with E-state index in [0.29, 0.717) is 68.1 Å². The van der Waals surface area contributed by atoms with Crippen LogP contribution in [-0.4, -0.2) is 184 Å². The van der Waals surface area contributed by atoms with Crippen LogP contribution in [0.25, 0.3) is 9.69 Å². The lowest BCUT2D eigenvalue weighted by molar-refractivity contribution is -0.199.